The monoisotopic (exact) mass is 246 g/mol. The van der Waals surface area contributed by atoms with Gasteiger partial charge in [0.25, 0.3) is 0 Å². The van der Waals surface area contributed by atoms with E-state index in [0.717, 1.165) is 30.4 Å². The summed E-state index contributed by atoms with van der Waals surface area (Å²) in [6.07, 6.45) is 7.17. The first-order valence-corrected chi connectivity index (χ1v) is 7.06. The Bertz CT molecular complexity index is 426. The predicted octanol–water partition coefficient (Wildman–Crippen LogP) is 2.63. The molecule has 98 valence electrons. The summed E-state index contributed by atoms with van der Waals surface area (Å²) in [5.41, 5.74) is 1.14. The minimum absolute atomic E-state index is 0.586. The number of fused-ring (bicyclic) bond motifs is 1. The Kier molecular flexibility index (Phi) is 3.10. The van der Waals surface area contributed by atoms with E-state index in [9.17, 15) is 0 Å². The van der Waals surface area contributed by atoms with Crippen LogP contribution < -0.4 is 10.2 Å². The lowest BCUT2D eigenvalue weighted by Gasteiger charge is -2.20. The van der Waals surface area contributed by atoms with Crippen molar-refractivity contribution in [3.8, 4) is 0 Å². The van der Waals surface area contributed by atoms with Crippen molar-refractivity contribution in [3.05, 3.63) is 12.0 Å². The largest absolute Gasteiger partial charge is 0.370 e. The summed E-state index contributed by atoms with van der Waals surface area (Å²) in [5, 5.41) is 3.48. The van der Waals surface area contributed by atoms with E-state index in [0.29, 0.717) is 11.8 Å². The second kappa shape index (κ2) is 4.75. The molecular formula is C14H22N4. The Morgan fingerprint density at radius 1 is 1.33 bits per heavy atom. The van der Waals surface area contributed by atoms with Crippen LogP contribution in [0.5, 0.6) is 0 Å². The fraction of sp³-hybridized carbons (Fsp3) is 0.714. The number of nitrogens with one attached hydrogen (secondary N) is 1. The van der Waals surface area contributed by atoms with Gasteiger partial charge in [-0.15, -0.1) is 0 Å². The highest BCUT2D eigenvalue weighted by atomic mass is 15.2. The minimum atomic E-state index is 0.586. The molecule has 0 spiro atoms. The van der Waals surface area contributed by atoms with Gasteiger partial charge in [-0.25, -0.2) is 9.97 Å². The van der Waals surface area contributed by atoms with E-state index in [1.807, 2.05) is 6.20 Å². The van der Waals surface area contributed by atoms with Crippen LogP contribution in [-0.2, 0) is 0 Å². The predicted molar refractivity (Wildman–Crippen MR) is 74.2 cm³/mol. The second-order valence-electron chi connectivity index (χ2n) is 5.81. The molecule has 18 heavy (non-hydrogen) atoms. The van der Waals surface area contributed by atoms with Crippen molar-refractivity contribution in [2.24, 2.45) is 5.92 Å². The van der Waals surface area contributed by atoms with E-state index in [1.165, 1.54) is 25.7 Å². The molecule has 3 rings (SSSR count). The highest BCUT2D eigenvalue weighted by Gasteiger charge is 2.23. The van der Waals surface area contributed by atoms with Gasteiger partial charge in [-0.2, -0.15) is 0 Å². The number of hydrogen-bond acceptors (Lipinski definition) is 4. The fourth-order valence-corrected chi connectivity index (χ4v) is 3.08. The summed E-state index contributed by atoms with van der Waals surface area (Å²) in [7, 11) is 2.13. The van der Waals surface area contributed by atoms with E-state index < -0.39 is 0 Å². The van der Waals surface area contributed by atoms with Crippen LogP contribution in [0.25, 0.3) is 0 Å². The Morgan fingerprint density at radius 2 is 2.11 bits per heavy atom. The van der Waals surface area contributed by atoms with Gasteiger partial charge in [0.15, 0.2) is 5.82 Å². The average molecular weight is 246 g/mol. The summed E-state index contributed by atoms with van der Waals surface area (Å²) >= 11 is 0. The van der Waals surface area contributed by atoms with E-state index in [1.54, 1.807) is 0 Å². The third-order valence-electron chi connectivity index (χ3n) is 4.12. The van der Waals surface area contributed by atoms with Crippen molar-refractivity contribution in [2.45, 2.75) is 38.5 Å². The topological polar surface area (TPSA) is 41.1 Å². The standard InChI is InChI=1S/C14H22N4/c1-10-7-15-14-12(18(2)9-10)8-16-13(17-14)11-5-3-4-6-11/h8,10-11H,3-7,9H2,1-2H3,(H,15,16,17). The zero-order chi connectivity index (χ0) is 12.5. The molecule has 1 aromatic rings. The molecule has 4 nitrogen and oxygen atoms in total. The molecular weight excluding hydrogens is 224 g/mol. The van der Waals surface area contributed by atoms with Gasteiger partial charge in [0, 0.05) is 26.1 Å². The summed E-state index contributed by atoms with van der Waals surface area (Å²) in [5.74, 6) is 3.29. The molecule has 2 aliphatic rings. The Hall–Kier alpha value is -1.32. The maximum atomic E-state index is 4.78. The summed E-state index contributed by atoms with van der Waals surface area (Å²) in [4.78, 5) is 11.6. The molecule has 1 N–H and O–H groups in total. The van der Waals surface area contributed by atoms with Crippen LogP contribution in [0.15, 0.2) is 6.20 Å². The average Bonchev–Trinajstić information content (AvgIpc) is 2.85. The van der Waals surface area contributed by atoms with Crippen molar-refractivity contribution < 1.29 is 0 Å². The lowest BCUT2D eigenvalue weighted by molar-refractivity contribution is 0.617. The van der Waals surface area contributed by atoms with Crippen LogP contribution >= 0.6 is 0 Å². The van der Waals surface area contributed by atoms with Crippen LogP contribution in [-0.4, -0.2) is 30.1 Å². The quantitative estimate of drug-likeness (QED) is 0.827. The first-order valence-electron chi connectivity index (χ1n) is 7.06. The Morgan fingerprint density at radius 3 is 2.89 bits per heavy atom. The van der Waals surface area contributed by atoms with E-state index in [4.69, 9.17) is 4.98 Å². The lowest BCUT2D eigenvalue weighted by Crippen LogP contribution is -2.24. The van der Waals surface area contributed by atoms with E-state index in [2.05, 4.69) is 29.2 Å². The highest BCUT2D eigenvalue weighted by molar-refractivity contribution is 5.65. The van der Waals surface area contributed by atoms with Crippen LogP contribution in [0.1, 0.15) is 44.3 Å². The maximum absolute atomic E-state index is 4.78. The molecule has 1 saturated carbocycles. The van der Waals surface area contributed by atoms with Crippen LogP contribution in [0.3, 0.4) is 0 Å². The summed E-state index contributed by atoms with van der Waals surface area (Å²) in [6, 6.07) is 0. The number of aromatic nitrogens is 2. The molecule has 0 radical (unpaired) electrons. The SMILES string of the molecule is CC1CNc2nc(C3CCCC3)ncc2N(C)C1. The van der Waals surface area contributed by atoms with Gasteiger partial charge >= 0.3 is 0 Å². The van der Waals surface area contributed by atoms with Gasteiger partial charge in [0.1, 0.15) is 5.82 Å². The van der Waals surface area contributed by atoms with E-state index in [-0.39, 0.29) is 0 Å². The van der Waals surface area contributed by atoms with Crippen molar-refractivity contribution in [3.63, 3.8) is 0 Å². The molecule has 1 fully saturated rings. The Labute approximate surface area is 109 Å². The first kappa shape index (κ1) is 11.8. The van der Waals surface area contributed by atoms with Crippen LogP contribution in [0.2, 0.25) is 0 Å². The number of anilines is 2. The van der Waals surface area contributed by atoms with Crippen molar-refractivity contribution >= 4 is 11.5 Å². The van der Waals surface area contributed by atoms with Gasteiger partial charge in [-0.3, -0.25) is 0 Å². The normalized spacial score (nSPS) is 24.6. The molecule has 2 heterocycles. The first-order chi connectivity index (χ1) is 8.74. The van der Waals surface area contributed by atoms with Crippen molar-refractivity contribution in [1.29, 1.82) is 0 Å². The molecule has 1 aromatic heterocycles. The molecule has 0 amide bonds. The molecule has 0 saturated heterocycles. The molecule has 1 unspecified atom stereocenters. The van der Waals surface area contributed by atoms with Gasteiger partial charge in [0.2, 0.25) is 0 Å². The zero-order valence-corrected chi connectivity index (χ0v) is 11.3. The van der Waals surface area contributed by atoms with Gasteiger partial charge in [-0.1, -0.05) is 19.8 Å². The van der Waals surface area contributed by atoms with Crippen LogP contribution in [0, 0.1) is 5.92 Å². The number of rotatable bonds is 1. The summed E-state index contributed by atoms with van der Waals surface area (Å²) in [6.45, 7) is 4.32. The van der Waals surface area contributed by atoms with Gasteiger partial charge in [-0.05, 0) is 18.8 Å². The molecule has 0 bridgehead atoms. The Balaban J connectivity index is 1.90. The minimum Gasteiger partial charge on any atom is -0.370 e. The number of hydrogen-bond donors (Lipinski definition) is 1. The molecule has 1 aliphatic heterocycles. The van der Waals surface area contributed by atoms with Gasteiger partial charge in [0.05, 0.1) is 11.9 Å². The maximum Gasteiger partial charge on any atom is 0.153 e. The fourth-order valence-electron chi connectivity index (χ4n) is 3.08. The molecule has 4 heteroatoms. The van der Waals surface area contributed by atoms with Crippen molar-refractivity contribution in [1.82, 2.24) is 9.97 Å². The zero-order valence-electron chi connectivity index (χ0n) is 11.3. The highest BCUT2D eigenvalue weighted by Crippen LogP contribution is 2.34. The molecule has 0 aromatic carbocycles. The second-order valence-corrected chi connectivity index (χ2v) is 5.81. The lowest BCUT2D eigenvalue weighted by atomic mass is 10.1. The molecule has 1 aliphatic carbocycles. The third kappa shape index (κ3) is 2.16. The number of nitrogens with zero attached hydrogens (tertiary/aromatic N) is 3. The third-order valence-corrected chi connectivity index (χ3v) is 4.12. The van der Waals surface area contributed by atoms with Crippen molar-refractivity contribution in [2.75, 3.05) is 30.4 Å². The smallest absolute Gasteiger partial charge is 0.153 e. The molecule has 1 atom stereocenters. The van der Waals surface area contributed by atoms with E-state index >= 15 is 0 Å². The van der Waals surface area contributed by atoms with Gasteiger partial charge < -0.3 is 10.2 Å². The van der Waals surface area contributed by atoms with Crippen LogP contribution in [0.4, 0.5) is 11.5 Å². The summed E-state index contributed by atoms with van der Waals surface area (Å²) < 4.78 is 0.